The molecule has 1 atom stereocenters. The van der Waals surface area contributed by atoms with Crippen molar-refractivity contribution in [1.82, 2.24) is 0 Å². The monoisotopic (exact) mass is 283 g/mol. The van der Waals surface area contributed by atoms with E-state index in [0.29, 0.717) is 17.0 Å². The summed E-state index contributed by atoms with van der Waals surface area (Å²) in [6.45, 7) is 0. The smallest absolute Gasteiger partial charge is 0.142 e. The van der Waals surface area contributed by atoms with Gasteiger partial charge in [0.15, 0.2) is 0 Å². The summed E-state index contributed by atoms with van der Waals surface area (Å²) in [5.41, 5.74) is 7.70. The van der Waals surface area contributed by atoms with Gasteiger partial charge in [-0.2, -0.15) is 0 Å². The lowest BCUT2D eigenvalue weighted by Crippen LogP contribution is -2.14. The molecule has 0 fully saturated rings. The summed E-state index contributed by atoms with van der Waals surface area (Å²) in [5, 5.41) is 0.773. The van der Waals surface area contributed by atoms with Crippen LogP contribution < -0.4 is 5.73 Å². The van der Waals surface area contributed by atoms with Crippen LogP contribution in [0.4, 0.5) is 4.39 Å². The van der Waals surface area contributed by atoms with Crippen molar-refractivity contribution in [2.45, 2.75) is 12.5 Å². The topological polar surface area (TPSA) is 26.0 Å². The molecule has 0 aliphatic heterocycles. The van der Waals surface area contributed by atoms with Crippen molar-refractivity contribution in [3.63, 3.8) is 0 Å². The van der Waals surface area contributed by atoms with Gasteiger partial charge in [-0.3, -0.25) is 0 Å². The van der Waals surface area contributed by atoms with Gasteiger partial charge in [0, 0.05) is 11.1 Å². The quantitative estimate of drug-likeness (QED) is 0.889. The fraction of sp³-hybridized carbons (Fsp3) is 0.143. The lowest BCUT2D eigenvalue weighted by molar-refractivity contribution is 0.619. The van der Waals surface area contributed by atoms with E-state index in [1.165, 1.54) is 6.07 Å². The van der Waals surface area contributed by atoms with Gasteiger partial charge in [0.1, 0.15) is 5.82 Å². The van der Waals surface area contributed by atoms with Crippen molar-refractivity contribution >= 4 is 23.2 Å². The van der Waals surface area contributed by atoms with E-state index in [9.17, 15) is 4.39 Å². The van der Waals surface area contributed by atoms with Crippen LogP contribution in [0.15, 0.2) is 42.5 Å². The van der Waals surface area contributed by atoms with Gasteiger partial charge in [-0.05, 0) is 35.7 Å². The first-order valence-corrected chi connectivity index (χ1v) is 6.27. The van der Waals surface area contributed by atoms with Gasteiger partial charge in [-0.1, -0.05) is 47.5 Å². The molecule has 2 aromatic rings. The van der Waals surface area contributed by atoms with Crippen molar-refractivity contribution in [2.75, 3.05) is 0 Å². The van der Waals surface area contributed by atoms with E-state index < -0.39 is 5.82 Å². The minimum atomic E-state index is -0.444. The van der Waals surface area contributed by atoms with Crippen molar-refractivity contribution < 1.29 is 4.39 Å². The molecule has 1 unspecified atom stereocenters. The fourth-order valence-electron chi connectivity index (χ4n) is 1.79. The maximum atomic E-state index is 13.3. The molecule has 0 heterocycles. The van der Waals surface area contributed by atoms with E-state index in [4.69, 9.17) is 28.9 Å². The highest BCUT2D eigenvalue weighted by atomic mass is 35.5. The van der Waals surface area contributed by atoms with Crippen LogP contribution in [-0.2, 0) is 6.42 Å². The van der Waals surface area contributed by atoms with E-state index in [1.54, 1.807) is 24.3 Å². The second-order valence-corrected chi connectivity index (χ2v) is 4.89. The Morgan fingerprint density at radius 1 is 1.06 bits per heavy atom. The molecule has 0 spiro atoms. The number of hydrogen-bond acceptors (Lipinski definition) is 1. The predicted octanol–water partition coefficient (Wildman–Crippen LogP) is 4.38. The molecule has 94 valence electrons. The summed E-state index contributed by atoms with van der Waals surface area (Å²) >= 11 is 11.7. The zero-order valence-corrected chi connectivity index (χ0v) is 11.0. The molecule has 0 aliphatic carbocycles. The molecule has 2 rings (SSSR count). The number of hydrogen-bond donors (Lipinski definition) is 1. The molecular weight excluding hydrogens is 272 g/mol. The highest BCUT2D eigenvalue weighted by Gasteiger charge is 2.13. The summed E-state index contributed by atoms with van der Waals surface area (Å²) in [7, 11) is 0. The maximum Gasteiger partial charge on any atom is 0.142 e. The zero-order valence-electron chi connectivity index (χ0n) is 9.54. The Kier molecular flexibility index (Phi) is 4.23. The van der Waals surface area contributed by atoms with Crippen LogP contribution in [0.25, 0.3) is 0 Å². The average molecular weight is 284 g/mol. The summed E-state index contributed by atoms with van der Waals surface area (Å²) in [6.07, 6.45) is 0.584. The van der Waals surface area contributed by atoms with E-state index in [-0.39, 0.29) is 11.1 Å². The Balaban J connectivity index is 2.19. The van der Waals surface area contributed by atoms with Gasteiger partial charge in [0.05, 0.1) is 5.02 Å². The lowest BCUT2D eigenvalue weighted by atomic mass is 9.99. The summed E-state index contributed by atoms with van der Waals surface area (Å²) in [5.74, 6) is -0.444. The summed E-state index contributed by atoms with van der Waals surface area (Å²) < 4.78 is 13.3. The Hall–Kier alpha value is -1.09. The fourth-order valence-corrected chi connectivity index (χ4v) is 2.18. The van der Waals surface area contributed by atoms with Gasteiger partial charge in [0.25, 0.3) is 0 Å². The Morgan fingerprint density at radius 3 is 2.39 bits per heavy atom. The van der Waals surface area contributed by atoms with Gasteiger partial charge in [0.2, 0.25) is 0 Å². The molecule has 0 aromatic heterocycles. The van der Waals surface area contributed by atoms with Crippen molar-refractivity contribution in [3.8, 4) is 0 Å². The van der Waals surface area contributed by atoms with Gasteiger partial charge >= 0.3 is 0 Å². The predicted molar refractivity (Wildman–Crippen MR) is 73.5 cm³/mol. The first-order valence-electron chi connectivity index (χ1n) is 5.52. The van der Waals surface area contributed by atoms with Crippen molar-refractivity contribution in [1.29, 1.82) is 0 Å². The molecule has 1 nitrogen and oxygen atoms in total. The molecule has 0 aliphatic rings. The molecule has 2 N–H and O–H groups in total. The SMILES string of the molecule is NC(Cc1ccc(Cl)cc1)c1cccc(F)c1Cl. The molecule has 0 saturated heterocycles. The van der Waals surface area contributed by atoms with Gasteiger partial charge in [-0.15, -0.1) is 0 Å². The van der Waals surface area contributed by atoms with Crippen LogP contribution in [-0.4, -0.2) is 0 Å². The molecule has 2 aromatic carbocycles. The van der Waals surface area contributed by atoms with Crippen LogP contribution >= 0.6 is 23.2 Å². The number of nitrogens with two attached hydrogens (primary N) is 1. The number of benzene rings is 2. The third-order valence-electron chi connectivity index (χ3n) is 2.75. The molecule has 4 heteroatoms. The summed E-state index contributed by atoms with van der Waals surface area (Å²) in [6, 6.07) is 11.7. The molecule has 0 bridgehead atoms. The third-order valence-corrected chi connectivity index (χ3v) is 3.40. The second kappa shape index (κ2) is 5.70. The molecule has 18 heavy (non-hydrogen) atoms. The van der Waals surface area contributed by atoms with Crippen LogP contribution in [0, 0.1) is 5.82 Å². The largest absolute Gasteiger partial charge is 0.324 e. The van der Waals surface area contributed by atoms with E-state index in [1.807, 2.05) is 12.1 Å². The van der Waals surface area contributed by atoms with E-state index >= 15 is 0 Å². The molecular formula is C14H12Cl2FN. The minimum Gasteiger partial charge on any atom is -0.324 e. The lowest BCUT2D eigenvalue weighted by Gasteiger charge is -2.14. The number of halogens is 3. The highest BCUT2D eigenvalue weighted by Crippen LogP contribution is 2.26. The molecule has 0 radical (unpaired) electrons. The maximum absolute atomic E-state index is 13.3. The van der Waals surface area contributed by atoms with E-state index in [0.717, 1.165) is 5.56 Å². The highest BCUT2D eigenvalue weighted by molar-refractivity contribution is 6.31. The third kappa shape index (κ3) is 3.02. The zero-order chi connectivity index (χ0) is 13.1. The Morgan fingerprint density at radius 2 is 1.72 bits per heavy atom. The Bertz CT molecular complexity index is 540. The molecule has 0 saturated carbocycles. The average Bonchev–Trinajstić information content (AvgIpc) is 2.35. The van der Waals surface area contributed by atoms with Crippen LogP contribution in [0.3, 0.4) is 0 Å². The first kappa shape index (κ1) is 13.3. The molecule has 0 amide bonds. The van der Waals surface area contributed by atoms with Crippen LogP contribution in [0.1, 0.15) is 17.2 Å². The standard InChI is InChI=1S/C14H12Cl2FN/c15-10-6-4-9(5-7-10)8-13(18)11-2-1-3-12(17)14(11)16/h1-7,13H,8,18H2. The first-order chi connectivity index (χ1) is 8.58. The van der Waals surface area contributed by atoms with E-state index in [2.05, 4.69) is 0 Å². The second-order valence-electron chi connectivity index (χ2n) is 4.08. The van der Waals surface area contributed by atoms with Crippen molar-refractivity contribution in [2.24, 2.45) is 5.73 Å². The van der Waals surface area contributed by atoms with Crippen molar-refractivity contribution in [3.05, 3.63) is 69.5 Å². The Labute approximate surface area is 115 Å². The van der Waals surface area contributed by atoms with Gasteiger partial charge in [-0.25, -0.2) is 4.39 Å². The minimum absolute atomic E-state index is 0.0963. The van der Waals surface area contributed by atoms with Crippen LogP contribution in [0.2, 0.25) is 10.0 Å². The normalized spacial score (nSPS) is 12.4. The van der Waals surface area contributed by atoms with Crippen LogP contribution in [0.5, 0.6) is 0 Å². The summed E-state index contributed by atoms with van der Waals surface area (Å²) in [4.78, 5) is 0. The number of rotatable bonds is 3. The van der Waals surface area contributed by atoms with Gasteiger partial charge < -0.3 is 5.73 Å².